The van der Waals surface area contributed by atoms with Crippen LogP contribution in [0.4, 0.5) is 0 Å². The lowest BCUT2D eigenvalue weighted by Crippen LogP contribution is -2.28. The Labute approximate surface area is 218 Å². The van der Waals surface area contributed by atoms with E-state index in [4.69, 9.17) is 11.6 Å². The number of halogens is 1. The van der Waals surface area contributed by atoms with Gasteiger partial charge < -0.3 is 0 Å². The molecule has 0 bridgehead atoms. The first-order valence-corrected chi connectivity index (χ1v) is 11.9. The third-order valence-corrected chi connectivity index (χ3v) is 5.95. The molecule has 180 valence electrons. The molecule has 1 aliphatic rings. The summed E-state index contributed by atoms with van der Waals surface area (Å²) >= 11 is 6.40. The molecule has 0 aliphatic carbocycles. The van der Waals surface area contributed by atoms with Gasteiger partial charge in [-0.3, -0.25) is 9.59 Å². The number of hydrazone groups is 1. The van der Waals surface area contributed by atoms with Gasteiger partial charge in [-0.15, -0.1) is 0 Å². The van der Waals surface area contributed by atoms with Gasteiger partial charge in [-0.05, 0) is 36.8 Å². The molecule has 1 amide bonds. The van der Waals surface area contributed by atoms with Crippen LogP contribution < -0.4 is 0 Å². The quantitative estimate of drug-likeness (QED) is 0.184. The van der Waals surface area contributed by atoms with E-state index in [0.29, 0.717) is 17.0 Å². The molecule has 0 saturated heterocycles. The number of amides is 1. The van der Waals surface area contributed by atoms with Crippen molar-refractivity contribution in [2.45, 2.75) is 6.92 Å². The molecule has 5 rings (SSSR count). The molecule has 4 aromatic rings. The number of carbonyl (C=O) groups is 2. The lowest BCUT2D eigenvalue weighted by Gasteiger charge is -2.12. The van der Waals surface area contributed by atoms with Crippen LogP contribution >= 0.6 is 11.6 Å². The van der Waals surface area contributed by atoms with Gasteiger partial charge in [-0.1, -0.05) is 90.0 Å². The predicted molar refractivity (Wildman–Crippen MR) is 147 cm³/mol. The van der Waals surface area contributed by atoms with E-state index in [9.17, 15) is 9.59 Å². The smallest absolute Gasteiger partial charge is 0.290 e. The van der Waals surface area contributed by atoms with E-state index in [0.717, 1.165) is 22.0 Å². The number of benzene rings is 3. The van der Waals surface area contributed by atoms with E-state index in [-0.39, 0.29) is 16.6 Å². The molecule has 0 N–H and O–H groups in total. The summed E-state index contributed by atoms with van der Waals surface area (Å²) in [5, 5.41) is 6.75. The first-order valence-electron chi connectivity index (χ1n) is 11.6. The normalized spacial score (nSPS) is 14.9. The molecule has 7 heteroatoms. The molecule has 0 radical (unpaired) electrons. The number of amidine groups is 1. The second-order valence-corrected chi connectivity index (χ2v) is 8.76. The molecular weight excluding hydrogens is 484 g/mol. The molecular formula is C30H21ClN4O2. The van der Waals surface area contributed by atoms with Crippen molar-refractivity contribution in [3.8, 4) is 0 Å². The van der Waals surface area contributed by atoms with E-state index < -0.39 is 5.91 Å². The van der Waals surface area contributed by atoms with Crippen molar-refractivity contribution in [2.75, 3.05) is 0 Å². The highest BCUT2D eigenvalue weighted by Crippen LogP contribution is 2.23. The Hall–Kier alpha value is -4.68. The van der Waals surface area contributed by atoms with Gasteiger partial charge in [-0.25, -0.2) is 9.98 Å². The Kier molecular flexibility index (Phi) is 6.83. The Morgan fingerprint density at radius 1 is 0.973 bits per heavy atom. The summed E-state index contributed by atoms with van der Waals surface area (Å²) < 4.78 is 0. The van der Waals surface area contributed by atoms with Crippen molar-refractivity contribution in [1.29, 1.82) is 0 Å². The predicted octanol–water partition coefficient (Wildman–Crippen LogP) is 5.99. The van der Waals surface area contributed by atoms with E-state index >= 15 is 0 Å². The van der Waals surface area contributed by atoms with Gasteiger partial charge in [0.15, 0.2) is 11.6 Å². The molecule has 0 saturated carbocycles. The number of carbonyl (C=O) groups excluding carboxylic acids is 2. The fourth-order valence-corrected chi connectivity index (χ4v) is 4.01. The highest BCUT2D eigenvalue weighted by molar-refractivity contribution is 6.32. The molecule has 6 nitrogen and oxygen atoms in total. The van der Waals surface area contributed by atoms with E-state index in [2.05, 4.69) is 15.1 Å². The van der Waals surface area contributed by atoms with Crippen LogP contribution in [0, 0.1) is 6.92 Å². The summed E-state index contributed by atoms with van der Waals surface area (Å²) in [6.07, 6.45) is 5.79. The number of nitrogens with zero attached hydrogens (tertiary/aromatic N) is 4. The average molecular weight is 505 g/mol. The number of rotatable bonds is 6. The van der Waals surface area contributed by atoms with Crippen LogP contribution in [0.3, 0.4) is 0 Å². The van der Waals surface area contributed by atoms with Gasteiger partial charge in [0, 0.05) is 22.6 Å². The summed E-state index contributed by atoms with van der Waals surface area (Å²) in [6, 6.07) is 26.4. The summed E-state index contributed by atoms with van der Waals surface area (Å²) in [4.78, 5) is 34.7. The Morgan fingerprint density at radius 2 is 1.70 bits per heavy atom. The molecule has 37 heavy (non-hydrogen) atoms. The zero-order chi connectivity index (χ0) is 25.8. The first-order chi connectivity index (χ1) is 18.0. The van der Waals surface area contributed by atoms with Gasteiger partial charge in [0.2, 0.25) is 0 Å². The van der Waals surface area contributed by atoms with E-state index in [1.165, 1.54) is 23.4 Å². The van der Waals surface area contributed by atoms with Crippen molar-refractivity contribution in [1.82, 2.24) is 9.99 Å². The van der Waals surface area contributed by atoms with Crippen LogP contribution in [0.15, 0.2) is 113 Å². The van der Waals surface area contributed by atoms with Crippen molar-refractivity contribution < 1.29 is 9.59 Å². The van der Waals surface area contributed by atoms with Crippen molar-refractivity contribution >= 4 is 52.3 Å². The van der Waals surface area contributed by atoms with Crippen LogP contribution in [-0.2, 0) is 9.59 Å². The number of aromatic nitrogens is 1. The van der Waals surface area contributed by atoms with Gasteiger partial charge in [-0.2, -0.15) is 10.1 Å². The van der Waals surface area contributed by atoms with Crippen LogP contribution in [0.2, 0.25) is 5.15 Å². The highest BCUT2D eigenvalue weighted by atomic mass is 35.5. The van der Waals surface area contributed by atoms with Crippen LogP contribution in [-0.4, -0.2) is 33.7 Å². The maximum Gasteiger partial charge on any atom is 0.298 e. The minimum atomic E-state index is -0.516. The number of fused-ring (bicyclic) bond motifs is 1. The largest absolute Gasteiger partial charge is 0.298 e. The molecule has 3 aromatic carbocycles. The maximum absolute atomic E-state index is 13.3. The Balaban J connectivity index is 1.47. The second-order valence-electron chi connectivity index (χ2n) is 8.40. The fraction of sp³-hybridized carbons (Fsp3) is 0.0333. The zero-order valence-corrected chi connectivity index (χ0v) is 20.6. The van der Waals surface area contributed by atoms with Crippen molar-refractivity contribution in [3.63, 3.8) is 0 Å². The third kappa shape index (κ3) is 5.44. The third-order valence-electron chi connectivity index (χ3n) is 5.65. The summed E-state index contributed by atoms with van der Waals surface area (Å²) in [5.41, 5.74) is 3.97. The Bertz CT molecular complexity index is 1620. The molecule has 2 heterocycles. The van der Waals surface area contributed by atoms with Crippen molar-refractivity contribution in [3.05, 3.63) is 130 Å². The number of hydrogen-bond acceptors (Lipinski definition) is 5. The molecule has 1 aromatic heterocycles. The number of aliphatic imine (C=N–C) groups is 1. The summed E-state index contributed by atoms with van der Waals surface area (Å²) in [5.74, 6) is -0.558. The van der Waals surface area contributed by atoms with Crippen LogP contribution in [0.1, 0.15) is 22.3 Å². The van der Waals surface area contributed by atoms with Crippen LogP contribution in [0.25, 0.3) is 17.0 Å². The molecule has 1 aliphatic heterocycles. The molecule has 0 spiro atoms. The SMILES string of the molecule is Cc1ccc2nc(Cl)c(/C=N/N3C(=O)/C(=C/C(=O)/C=C/c4ccccc4)N=C3c3ccccc3)cc2c1. The monoisotopic (exact) mass is 504 g/mol. The number of hydrogen-bond donors (Lipinski definition) is 0. The molecule has 0 unspecified atom stereocenters. The fourth-order valence-electron chi connectivity index (χ4n) is 3.81. The summed E-state index contributed by atoms with van der Waals surface area (Å²) in [6.45, 7) is 2.00. The van der Waals surface area contributed by atoms with Gasteiger partial charge >= 0.3 is 0 Å². The van der Waals surface area contributed by atoms with Crippen molar-refractivity contribution in [2.24, 2.45) is 10.1 Å². The molecule has 0 fully saturated rings. The van der Waals surface area contributed by atoms with E-state index in [1.807, 2.05) is 91.9 Å². The van der Waals surface area contributed by atoms with Gasteiger partial charge in [0.25, 0.3) is 5.91 Å². The molecule has 0 atom stereocenters. The number of pyridine rings is 1. The number of allylic oxidation sites excluding steroid dienone is 2. The second kappa shape index (κ2) is 10.5. The lowest BCUT2D eigenvalue weighted by atomic mass is 10.1. The number of aryl methyl sites for hydroxylation is 1. The lowest BCUT2D eigenvalue weighted by molar-refractivity contribution is -0.123. The van der Waals surface area contributed by atoms with Gasteiger partial charge in [0.05, 0.1) is 11.7 Å². The Morgan fingerprint density at radius 3 is 2.46 bits per heavy atom. The van der Waals surface area contributed by atoms with Crippen LogP contribution in [0.5, 0.6) is 0 Å². The average Bonchev–Trinajstić information content (AvgIpc) is 3.22. The standard InChI is InChI=1S/C30H21ClN4O2/c1-20-12-15-26-23(16-20)17-24(28(31)33-26)19-32-35-29(22-10-6-3-7-11-22)34-27(30(35)37)18-25(36)14-13-21-8-4-2-5-9-21/h2-19H,1H3/b14-13+,27-18-,32-19+. The van der Waals surface area contributed by atoms with E-state index in [1.54, 1.807) is 6.08 Å². The first kappa shape index (κ1) is 24.0. The number of ketones is 1. The minimum Gasteiger partial charge on any atom is -0.290 e. The van der Waals surface area contributed by atoms with Gasteiger partial charge in [0.1, 0.15) is 10.9 Å². The maximum atomic E-state index is 13.3. The zero-order valence-electron chi connectivity index (χ0n) is 19.9. The summed E-state index contributed by atoms with van der Waals surface area (Å²) in [7, 11) is 0. The topological polar surface area (TPSA) is 75.0 Å². The highest BCUT2D eigenvalue weighted by Gasteiger charge is 2.31. The minimum absolute atomic E-state index is 0.00271.